The maximum absolute atomic E-state index is 14.1. The van der Waals surface area contributed by atoms with Gasteiger partial charge in [-0.3, -0.25) is 0 Å². The molecule has 0 atom stereocenters. The molecule has 0 unspecified atom stereocenters. The average Bonchev–Trinajstić information content (AvgIpc) is 2.81. The second-order valence-electron chi connectivity index (χ2n) is 8.76. The lowest BCUT2D eigenvalue weighted by Crippen LogP contribution is -2.42. The van der Waals surface area contributed by atoms with Crippen LogP contribution in [-0.2, 0) is 0 Å². The Morgan fingerprint density at radius 1 is 0.531 bits per heavy atom. The number of hydrogen-bond acceptors (Lipinski definition) is 2. The van der Waals surface area contributed by atoms with Crippen molar-refractivity contribution in [2.75, 3.05) is 39.3 Å². The van der Waals surface area contributed by atoms with Crippen LogP contribution in [-0.4, -0.2) is 49.1 Å². The normalized spacial score (nSPS) is 19.6. The van der Waals surface area contributed by atoms with Gasteiger partial charge in [0.05, 0.1) is 0 Å². The fourth-order valence-corrected chi connectivity index (χ4v) is 4.93. The van der Waals surface area contributed by atoms with E-state index in [1.165, 1.54) is 12.1 Å². The summed E-state index contributed by atoms with van der Waals surface area (Å²) in [5, 5.41) is 0. The van der Waals surface area contributed by atoms with E-state index in [-0.39, 0.29) is 23.0 Å². The molecule has 0 aromatic heterocycles. The second-order valence-corrected chi connectivity index (χ2v) is 8.76. The van der Waals surface area contributed by atoms with Crippen molar-refractivity contribution >= 4 is 0 Å². The molecule has 0 radical (unpaired) electrons. The van der Waals surface area contributed by atoms with Gasteiger partial charge >= 0.3 is 0 Å². The van der Waals surface area contributed by atoms with E-state index >= 15 is 0 Å². The van der Waals surface area contributed by atoms with E-state index in [0.717, 1.165) is 51.4 Å². The molecule has 0 aliphatic carbocycles. The summed E-state index contributed by atoms with van der Waals surface area (Å²) < 4.78 is 81.5. The largest absolute Gasteiger partial charge is 0.302 e. The summed E-state index contributed by atoms with van der Waals surface area (Å²) in [7, 11) is 0. The van der Waals surface area contributed by atoms with E-state index in [1.54, 1.807) is 0 Å². The molecule has 174 valence electrons. The van der Waals surface area contributed by atoms with E-state index < -0.39 is 34.9 Å². The molecule has 2 aromatic rings. The topological polar surface area (TPSA) is 6.48 Å². The molecule has 2 aliphatic heterocycles. The zero-order chi connectivity index (χ0) is 22.8. The highest BCUT2D eigenvalue weighted by molar-refractivity contribution is 5.25. The Labute approximate surface area is 183 Å². The lowest BCUT2D eigenvalue weighted by Gasteiger charge is -2.36. The first kappa shape index (κ1) is 23.1. The number of nitrogens with zero attached hydrogens (tertiary/aromatic N) is 2. The monoisotopic (exact) mass is 456 g/mol. The fraction of sp³-hybridized carbons (Fsp3) is 0.500. The summed E-state index contributed by atoms with van der Waals surface area (Å²) >= 11 is 0. The van der Waals surface area contributed by atoms with Gasteiger partial charge in [0.1, 0.15) is 0 Å². The average molecular weight is 456 g/mol. The first-order valence-electron chi connectivity index (χ1n) is 11.1. The standard InChI is InChI=1S/C24H26F6N2/c25-19-3-1-17(21(27)23(19)29)15-5-9-31(10-6-15)13-14-32-11-7-16(8-12-32)18-2-4-20(26)24(30)22(18)28/h1-4,15-16H,5-14H2. The molecule has 0 saturated carbocycles. The Morgan fingerprint density at radius 3 is 1.22 bits per heavy atom. The minimum absolute atomic E-state index is 0.122. The molecule has 0 N–H and O–H groups in total. The fourth-order valence-electron chi connectivity index (χ4n) is 4.93. The number of hydrogen-bond donors (Lipinski definition) is 0. The van der Waals surface area contributed by atoms with Gasteiger partial charge in [-0.15, -0.1) is 0 Å². The van der Waals surface area contributed by atoms with Gasteiger partial charge < -0.3 is 9.80 Å². The molecular weight excluding hydrogens is 430 g/mol. The highest BCUT2D eigenvalue weighted by Crippen LogP contribution is 2.33. The Morgan fingerprint density at radius 2 is 0.875 bits per heavy atom. The smallest absolute Gasteiger partial charge is 0.194 e. The Bertz CT molecular complexity index is 872. The van der Waals surface area contributed by atoms with Gasteiger partial charge in [-0.2, -0.15) is 0 Å². The van der Waals surface area contributed by atoms with Crippen LogP contribution in [0.2, 0.25) is 0 Å². The zero-order valence-corrected chi connectivity index (χ0v) is 17.7. The van der Waals surface area contributed by atoms with Crippen LogP contribution in [0.5, 0.6) is 0 Å². The minimum Gasteiger partial charge on any atom is -0.302 e. The molecule has 2 saturated heterocycles. The van der Waals surface area contributed by atoms with Gasteiger partial charge in [0, 0.05) is 13.1 Å². The van der Waals surface area contributed by atoms with Crippen LogP contribution >= 0.6 is 0 Å². The molecular formula is C24H26F6N2. The molecule has 0 bridgehead atoms. The van der Waals surface area contributed by atoms with E-state index in [2.05, 4.69) is 9.80 Å². The summed E-state index contributed by atoms with van der Waals surface area (Å²) in [6, 6.07) is 4.65. The first-order valence-corrected chi connectivity index (χ1v) is 11.1. The molecule has 2 fully saturated rings. The first-order chi connectivity index (χ1) is 15.3. The van der Waals surface area contributed by atoms with Crippen LogP contribution in [0.1, 0.15) is 48.6 Å². The molecule has 32 heavy (non-hydrogen) atoms. The van der Waals surface area contributed by atoms with E-state index in [9.17, 15) is 26.3 Å². The Kier molecular flexibility index (Phi) is 7.10. The minimum atomic E-state index is -1.41. The SMILES string of the molecule is Fc1ccc(C2CCN(CCN3CCC(c4ccc(F)c(F)c4F)CC3)CC2)c(F)c1F. The van der Waals surface area contributed by atoms with Crippen molar-refractivity contribution < 1.29 is 26.3 Å². The van der Waals surface area contributed by atoms with Gasteiger partial charge in [-0.25, -0.2) is 26.3 Å². The van der Waals surface area contributed by atoms with Crippen molar-refractivity contribution in [1.82, 2.24) is 9.80 Å². The lowest BCUT2D eigenvalue weighted by atomic mass is 9.88. The number of piperidine rings is 2. The molecule has 8 heteroatoms. The molecule has 2 heterocycles. The van der Waals surface area contributed by atoms with Crippen molar-refractivity contribution in [3.63, 3.8) is 0 Å². The van der Waals surface area contributed by atoms with Crippen molar-refractivity contribution in [3.8, 4) is 0 Å². The van der Waals surface area contributed by atoms with Gasteiger partial charge in [-0.1, -0.05) is 12.1 Å². The summed E-state index contributed by atoms with van der Waals surface area (Å²) in [5.41, 5.74) is 0.491. The van der Waals surface area contributed by atoms with Crippen LogP contribution in [0.3, 0.4) is 0 Å². The van der Waals surface area contributed by atoms with Gasteiger partial charge in [-0.05, 0) is 87.0 Å². The third-order valence-corrected chi connectivity index (χ3v) is 6.92. The van der Waals surface area contributed by atoms with Gasteiger partial charge in [0.25, 0.3) is 0 Å². The van der Waals surface area contributed by atoms with Crippen molar-refractivity contribution in [1.29, 1.82) is 0 Å². The van der Waals surface area contributed by atoms with Crippen molar-refractivity contribution in [2.24, 2.45) is 0 Å². The highest BCUT2D eigenvalue weighted by Gasteiger charge is 2.28. The maximum atomic E-state index is 14.1. The van der Waals surface area contributed by atoms with Crippen LogP contribution < -0.4 is 0 Å². The number of likely N-dealkylation sites (tertiary alicyclic amines) is 2. The Balaban J connectivity index is 1.23. The van der Waals surface area contributed by atoms with E-state index in [4.69, 9.17) is 0 Å². The maximum Gasteiger partial charge on any atom is 0.194 e. The van der Waals surface area contributed by atoms with Crippen LogP contribution in [0.15, 0.2) is 24.3 Å². The van der Waals surface area contributed by atoms with Gasteiger partial charge in [0.15, 0.2) is 34.9 Å². The zero-order valence-electron chi connectivity index (χ0n) is 17.7. The summed E-state index contributed by atoms with van der Waals surface area (Å²) in [4.78, 5) is 4.55. The quantitative estimate of drug-likeness (QED) is 0.428. The summed E-state index contributed by atoms with van der Waals surface area (Å²) in [6.45, 7) is 4.66. The van der Waals surface area contributed by atoms with Gasteiger partial charge in [0.2, 0.25) is 0 Å². The van der Waals surface area contributed by atoms with E-state index in [1.807, 2.05) is 0 Å². The second kappa shape index (κ2) is 9.83. The third-order valence-electron chi connectivity index (χ3n) is 6.92. The third kappa shape index (κ3) is 4.81. The van der Waals surface area contributed by atoms with Crippen molar-refractivity contribution in [2.45, 2.75) is 37.5 Å². The highest BCUT2D eigenvalue weighted by atomic mass is 19.2. The molecule has 4 rings (SSSR count). The molecule has 2 aromatic carbocycles. The number of rotatable bonds is 5. The molecule has 2 aliphatic rings. The summed E-state index contributed by atoms with van der Waals surface area (Å²) in [6.07, 6.45) is 2.72. The predicted molar refractivity (Wildman–Crippen MR) is 109 cm³/mol. The number of benzene rings is 2. The van der Waals surface area contributed by atoms with Crippen LogP contribution in [0, 0.1) is 34.9 Å². The molecule has 0 amide bonds. The predicted octanol–water partition coefficient (Wildman–Crippen LogP) is 5.58. The van der Waals surface area contributed by atoms with E-state index in [0.29, 0.717) is 25.7 Å². The van der Waals surface area contributed by atoms with Crippen LogP contribution in [0.4, 0.5) is 26.3 Å². The Hall–Kier alpha value is -2.06. The summed E-state index contributed by atoms with van der Waals surface area (Å²) in [5.74, 6) is -7.55. The number of halogens is 6. The van der Waals surface area contributed by atoms with Crippen molar-refractivity contribution in [3.05, 3.63) is 70.3 Å². The molecule has 0 spiro atoms. The molecule has 2 nitrogen and oxygen atoms in total. The lowest BCUT2D eigenvalue weighted by molar-refractivity contribution is 0.152. The van der Waals surface area contributed by atoms with Crippen LogP contribution in [0.25, 0.3) is 0 Å².